The molecule has 156 valence electrons. The summed E-state index contributed by atoms with van der Waals surface area (Å²) < 4.78 is 0. The summed E-state index contributed by atoms with van der Waals surface area (Å²) in [6, 6.07) is 26.7. The van der Waals surface area contributed by atoms with Crippen LogP contribution in [0.2, 0.25) is 0 Å². The lowest BCUT2D eigenvalue weighted by atomic mass is 9.91. The number of rotatable bonds is 5. The molecule has 0 aliphatic carbocycles. The third-order valence-corrected chi connectivity index (χ3v) is 4.77. The molecule has 0 saturated carbocycles. The van der Waals surface area contributed by atoms with Crippen molar-refractivity contribution in [3.05, 3.63) is 113 Å². The monoisotopic (exact) mass is 429 g/mol. The van der Waals surface area contributed by atoms with Gasteiger partial charge in [0.2, 0.25) is 11.8 Å². The molecule has 0 saturated heterocycles. The predicted octanol–water partition coefficient (Wildman–Crippen LogP) is 3.86. The van der Waals surface area contributed by atoms with Crippen molar-refractivity contribution in [3.8, 4) is 0 Å². The van der Waals surface area contributed by atoms with Crippen LogP contribution in [0.4, 0.5) is 0 Å². The number of carbonyl (C=O) groups is 2. The fourth-order valence-electron chi connectivity index (χ4n) is 3.01. The Hall–Kier alpha value is -3.77. The third kappa shape index (κ3) is 6.62. The van der Waals surface area contributed by atoms with E-state index in [4.69, 9.17) is 12.2 Å². The third-order valence-electron chi connectivity index (χ3n) is 4.57. The highest BCUT2D eigenvalue weighted by Crippen LogP contribution is 2.24. The van der Waals surface area contributed by atoms with Gasteiger partial charge >= 0.3 is 0 Å². The lowest BCUT2D eigenvalue weighted by molar-refractivity contribution is -0.122. The molecule has 0 bridgehead atoms. The second-order valence-corrected chi connectivity index (χ2v) is 7.34. The van der Waals surface area contributed by atoms with Gasteiger partial charge < -0.3 is 0 Å². The van der Waals surface area contributed by atoms with Gasteiger partial charge in [0.1, 0.15) is 0 Å². The van der Waals surface area contributed by atoms with Crippen molar-refractivity contribution in [2.24, 2.45) is 0 Å². The highest BCUT2D eigenvalue weighted by atomic mass is 32.1. The van der Waals surface area contributed by atoms with Crippen LogP contribution in [0.3, 0.4) is 0 Å². The maximum absolute atomic E-state index is 12.9. The molecule has 0 atom stereocenters. The fourth-order valence-corrected chi connectivity index (χ4v) is 3.16. The first kappa shape index (κ1) is 21.9. The van der Waals surface area contributed by atoms with E-state index in [1.807, 2.05) is 91.9 Å². The summed E-state index contributed by atoms with van der Waals surface area (Å²) in [5, 5.41) is 2.52. The second kappa shape index (κ2) is 10.8. The Morgan fingerprint density at radius 3 is 1.90 bits per heavy atom. The van der Waals surface area contributed by atoms with Crippen LogP contribution < -0.4 is 16.2 Å². The van der Waals surface area contributed by atoms with Crippen molar-refractivity contribution in [2.75, 3.05) is 0 Å². The maximum atomic E-state index is 12.9. The van der Waals surface area contributed by atoms with E-state index in [9.17, 15) is 9.59 Å². The Balaban J connectivity index is 1.58. The van der Waals surface area contributed by atoms with Gasteiger partial charge in [-0.15, -0.1) is 0 Å². The van der Waals surface area contributed by atoms with Crippen molar-refractivity contribution in [1.82, 2.24) is 16.2 Å². The van der Waals surface area contributed by atoms with Crippen molar-refractivity contribution in [1.29, 1.82) is 0 Å². The summed E-state index contributed by atoms with van der Waals surface area (Å²) in [6.07, 6.45) is 3.08. The average molecular weight is 430 g/mol. The van der Waals surface area contributed by atoms with E-state index in [1.165, 1.54) is 6.08 Å². The molecular formula is C25H23N3O2S. The molecule has 0 fully saturated rings. The number of benzene rings is 3. The zero-order chi connectivity index (χ0) is 22.1. The van der Waals surface area contributed by atoms with Crippen LogP contribution in [0.25, 0.3) is 6.08 Å². The van der Waals surface area contributed by atoms with Crippen LogP contribution in [0.5, 0.6) is 0 Å². The van der Waals surface area contributed by atoms with Gasteiger partial charge in [-0.2, -0.15) is 0 Å². The summed E-state index contributed by atoms with van der Waals surface area (Å²) in [7, 11) is 0. The maximum Gasteiger partial charge on any atom is 0.250 e. The normalized spacial score (nSPS) is 10.6. The minimum absolute atomic E-state index is 0.00628. The molecule has 31 heavy (non-hydrogen) atoms. The largest absolute Gasteiger partial charge is 0.298 e. The topological polar surface area (TPSA) is 70.2 Å². The lowest BCUT2D eigenvalue weighted by Crippen LogP contribution is -2.49. The van der Waals surface area contributed by atoms with Gasteiger partial charge in [-0.3, -0.25) is 25.8 Å². The van der Waals surface area contributed by atoms with Crippen molar-refractivity contribution in [3.63, 3.8) is 0 Å². The van der Waals surface area contributed by atoms with E-state index in [0.717, 1.165) is 22.3 Å². The Bertz CT molecular complexity index is 1030. The van der Waals surface area contributed by atoms with Gasteiger partial charge in [-0.25, -0.2) is 0 Å². The van der Waals surface area contributed by atoms with E-state index in [0.29, 0.717) is 0 Å². The highest BCUT2D eigenvalue weighted by molar-refractivity contribution is 7.80. The van der Waals surface area contributed by atoms with Gasteiger partial charge in [-0.1, -0.05) is 90.5 Å². The summed E-state index contributed by atoms with van der Waals surface area (Å²) in [4.78, 5) is 25.0. The van der Waals surface area contributed by atoms with Crippen molar-refractivity contribution < 1.29 is 9.59 Å². The van der Waals surface area contributed by atoms with E-state index < -0.39 is 11.8 Å². The van der Waals surface area contributed by atoms with Crippen LogP contribution >= 0.6 is 12.2 Å². The number of hydrazine groups is 1. The molecule has 0 heterocycles. The number of thiocarbonyl (C=S) groups is 1. The first-order valence-electron chi connectivity index (χ1n) is 9.78. The SMILES string of the molecule is Cc1ccc(C=CC(=O)NC(=S)NNC(=O)C(c2ccccc2)c2ccccc2)cc1. The molecule has 3 aromatic rings. The molecule has 3 rings (SSSR count). The van der Waals surface area contributed by atoms with E-state index in [2.05, 4.69) is 16.2 Å². The van der Waals surface area contributed by atoms with Crippen molar-refractivity contribution in [2.45, 2.75) is 12.8 Å². The van der Waals surface area contributed by atoms with Crippen LogP contribution in [0.1, 0.15) is 28.2 Å². The minimum atomic E-state index is -0.519. The van der Waals surface area contributed by atoms with Crippen LogP contribution in [0.15, 0.2) is 91.0 Å². The summed E-state index contributed by atoms with van der Waals surface area (Å²) in [5.74, 6) is -1.20. The second-order valence-electron chi connectivity index (χ2n) is 6.93. The Kier molecular flexibility index (Phi) is 7.67. The quantitative estimate of drug-likeness (QED) is 0.327. The van der Waals surface area contributed by atoms with Crippen LogP contribution in [-0.2, 0) is 9.59 Å². The van der Waals surface area contributed by atoms with Crippen molar-refractivity contribution >= 4 is 35.2 Å². The minimum Gasteiger partial charge on any atom is -0.298 e. The van der Waals surface area contributed by atoms with Gasteiger partial charge in [0, 0.05) is 6.08 Å². The Labute approximate surface area is 187 Å². The molecule has 0 spiro atoms. The zero-order valence-electron chi connectivity index (χ0n) is 17.0. The average Bonchev–Trinajstić information content (AvgIpc) is 2.79. The lowest BCUT2D eigenvalue weighted by Gasteiger charge is -2.18. The number of hydrogen-bond acceptors (Lipinski definition) is 3. The number of carbonyl (C=O) groups excluding carboxylic acids is 2. The standard InChI is InChI=1S/C25H23N3O2S/c1-18-12-14-19(15-13-18)16-17-22(29)26-25(31)28-27-24(30)23(20-8-4-2-5-9-20)21-10-6-3-7-11-21/h2-17,23H,1H3,(H,27,30)(H2,26,28,29,31). The van der Waals surface area contributed by atoms with Gasteiger partial charge in [0.25, 0.3) is 0 Å². The predicted molar refractivity (Wildman–Crippen MR) is 127 cm³/mol. The Morgan fingerprint density at radius 2 is 1.35 bits per heavy atom. The number of amides is 2. The molecule has 6 heteroatoms. The first-order valence-corrected chi connectivity index (χ1v) is 10.2. The highest BCUT2D eigenvalue weighted by Gasteiger charge is 2.22. The fraction of sp³-hybridized carbons (Fsp3) is 0.0800. The van der Waals surface area contributed by atoms with E-state index >= 15 is 0 Å². The molecule has 3 aromatic carbocycles. The molecule has 0 unspecified atom stereocenters. The van der Waals surface area contributed by atoms with Gasteiger partial charge in [0.15, 0.2) is 5.11 Å². The smallest absolute Gasteiger partial charge is 0.250 e. The molecule has 0 aromatic heterocycles. The number of nitrogens with one attached hydrogen (secondary N) is 3. The molecule has 0 radical (unpaired) electrons. The first-order chi connectivity index (χ1) is 15.0. The van der Waals surface area contributed by atoms with Gasteiger partial charge in [-0.05, 0) is 41.9 Å². The molecule has 2 amide bonds. The Morgan fingerprint density at radius 1 is 0.806 bits per heavy atom. The number of hydrogen-bond donors (Lipinski definition) is 3. The summed E-state index contributed by atoms with van der Waals surface area (Å²) >= 11 is 5.12. The molecule has 5 nitrogen and oxygen atoms in total. The summed E-state index contributed by atoms with van der Waals surface area (Å²) in [6.45, 7) is 2.00. The number of aryl methyl sites for hydroxylation is 1. The molecular weight excluding hydrogens is 406 g/mol. The van der Waals surface area contributed by atoms with E-state index in [1.54, 1.807) is 6.08 Å². The molecule has 0 aliphatic heterocycles. The summed E-state index contributed by atoms with van der Waals surface area (Å²) in [5.41, 5.74) is 8.95. The van der Waals surface area contributed by atoms with Gasteiger partial charge in [0.05, 0.1) is 5.92 Å². The molecule has 0 aliphatic rings. The van der Waals surface area contributed by atoms with E-state index in [-0.39, 0.29) is 11.0 Å². The zero-order valence-corrected chi connectivity index (χ0v) is 17.9. The molecule has 3 N–H and O–H groups in total. The van der Waals surface area contributed by atoms with Crippen LogP contribution in [-0.4, -0.2) is 16.9 Å². The van der Waals surface area contributed by atoms with Crippen LogP contribution in [0, 0.1) is 6.92 Å².